The standard InChI is InChI=1S/C14H23N3O3/c1-10-7-16-12(19-10)8-15-11-5-6-17(9-11)13(18)20-14(2,3)4/h7,11,15H,5-6,8-9H2,1-4H3. The summed E-state index contributed by atoms with van der Waals surface area (Å²) < 4.78 is 10.8. The number of oxazole rings is 1. The molecule has 1 unspecified atom stereocenters. The largest absolute Gasteiger partial charge is 0.445 e. The van der Waals surface area contributed by atoms with E-state index in [0.29, 0.717) is 19.0 Å². The number of carbonyl (C=O) groups is 1. The quantitative estimate of drug-likeness (QED) is 0.918. The molecule has 0 aromatic carbocycles. The van der Waals surface area contributed by atoms with Crippen LogP contribution in [0.15, 0.2) is 10.6 Å². The summed E-state index contributed by atoms with van der Waals surface area (Å²) in [6.45, 7) is 9.47. The van der Waals surface area contributed by atoms with Crippen LogP contribution >= 0.6 is 0 Å². The maximum atomic E-state index is 11.9. The molecule has 1 aromatic rings. The van der Waals surface area contributed by atoms with Gasteiger partial charge in [-0.05, 0) is 34.1 Å². The third-order valence-corrected chi connectivity index (χ3v) is 3.05. The van der Waals surface area contributed by atoms with Gasteiger partial charge in [0.05, 0.1) is 12.7 Å². The van der Waals surface area contributed by atoms with Crippen molar-refractivity contribution >= 4 is 6.09 Å². The van der Waals surface area contributed by atoms with E-state index in [1.807, 2.05) is 27.7 Å². The summed E-state index contributed by atoms with van der Waals surface area (Å²) in [5, 5.41) is 3.35. The van der Waals surface area contributed by atoms with Gasteiger partial charge in [-0.1, -0.05) is 0 Å². The van der Waals surface area contributed by atoms with Gasteiger partial charge >= 0.3 is 6.09 Å². The van der Waals surface area contributed by atoms with E-state index >= 15 is 0 Å². The predicted octanol–water partition coefficient (Wildman–Crippen LogP) is 2.08. The van der Waals surface area contributed by atoms with E-state index in [-0.39, 0.29) is 12.1 Å². The number of ether oxygens (including phenoxy) is 1. The van der Waals surface area contributed by atoms with Crippen LogP contribution in [-0.2, 0) is 11.3 Å². The monoisotopic (exact) mass is 281 g/mol. The minimum absolute atomic E-state index is 0.242. The summed E-state index contributed by atoms with van der Waals surface area (Å²) in [7, 11) is 0. The molecule has 112 valence electrons. The second-order valence-corrected chi connectivity index (χ2v) is 6.16. The van der Waals surface area contributed by atoms with Crippen LogP contribution < -0.4 is 5.32 Å². The molecule has 0 saturated carbocycles. The number of likely N-dealkylation sites (tertiary alicyclic amines) is 1. The van der Waals surface area contributed by atoms with Gasteiger partial charge in [0, 0.05) is 19.1 Å². The molecular formula is C14H23N3O3. The van der Waals surface area contributed by atoms with E-state index < -0.39 is 5.60 Å². The van der Waals surface area contributed by atoms with Gasteiger partial charge in [0.15, 0.2) is 0 Å². The van der Waals surface area contributed by atoms with Gasteiger partial charge in [-0.2, -0.15) is 0 Å². The first-order valence-corrected chi connectivity index (χ1v) is 6.96. The second kappa shape index (κ2) is 5.83. The minimum Gasteiger partial charge on any atom is -0.445 e. The fraction of sp³-hybridized carbons (Fsp3) is 0.714. The Morgan fingerprint density at radius 2 is 2.35 bits per heavy atom. The van der Waals surface area contributed by atoms with Crippen LogP contribution in [0.2, 0.25) is 0 Å². The number of nitrogens with zero attached hydrogens (tertiary/aromatic N) is 2. The molecule has 1 N–H and O–H groups in total. The Morgan fingerprint density at radius 3 is 2.95 bits per heavy atom. The number of aromatic nitrogens is 1. The van der Waals surface area contributed by atoms with Gasteiger partial charge < -0.3 is 19.4 Å². The van der Waals surface area contributed by atoms with Crippen molar-refractivity contribution in [1.29, 1.82) is 0 Å². The topological polar surface area (TPSA) is 67.6 Å². The molecule has 2 rings (SSSR count). The Hall–Kier alpha value is -1.56. The number of hydrogen-bond donors (Lipinski definition) is 1. The van der Waals surface area contributed by atoms with Crippen LogP contribution in [-0.4, -0.2) is 40.7 Å². The second-order valence-electron chi connectivity index (χ2n) is 6.16. The van der Waals surface area contributed by atoms with Crippen LogP contribution in [0, 0.1) is 6.92 Å². The van der Waals surface area contributed by atoms with Crippen molar-refractivity contribution in [3.63, 3.8) is 0 Å². The maximum absolute atomic E-state index is 11.9. The highest BCUT2D eigenvalue weighted by atomic mass is 16.6. The molecule has 1 amide bonds. The van der Waals surface area contributed by atoms with Crippen molar-refractivity contribution in [2.24, 2.45) is 0 Å². The molecule has 0 bridgehead atoms. The summed E-state index contributed by atoms with van der Waals surface area (Å²) in [6.07, 6.45) is 2.38. The molecule has 6 heteroatoms. The van der Waals surface area contributed by atoms with E-state index in [4.69, 9.17) is 9.15 Å². The van der Waals surface area contributed by atoms with Crippen LogP contribution in [0.25, 0.3) is 0 Å². The van der Waals surface area contributed by atoms with Gasteiger partial charge in [-0.15, -0.1) is 0 Å². The lowest BCUT2D eigenvalue weighted by atomic mass is 10.2. The fourth-order valence-electron chi connectivity index (χ4n) is 2.13. The van der Waals surface area contributed by atoms with E-state index in [9.17, 15) is 4.79 Å². The van der Waals surface area contributed by atoms with Crippen molar-refractivity contribution in [1.82, 2.24) is 15.2 Å². The highest BCUT2D eigenvalue weighted by Gasteiger charge is 2.29. The normalized spacial score (nSPS) is 19.4. The molecule has 1 aromatic heterocycles. The van der Waals surface area contributed by atoms with Crippen molar-refractivity contribution in [3.05, 3.63) is 17.8 Å². The van der Waals surface area contributed by atoms with Crippen molar-refractivity contribution in [2.75, 3.05) is 13.1 Å². The molecule has 6 nitrogen and oxygen atoms in total. The van der Waals surface area contributed by atoms with Crippen molar-refractivity contribution in [2.45, 2.75) is 52.3 Å². The molecule has 0 radical (unpaired) electrons. The van der Waals surface area contributed by atoms with Gasteiger partial charge in [-0.25, -0.2) is 9.78 Å². The number of amides is 1. The Bertz CT molecular complexity index is 464. The SMILES string of the molecule is Cc1cnc(CNC2CCN(C(=O)OC(C)(C)C)C2)o1. The van der Waals surface area contributed by atoms with Gasteiger partial charge in [0.2, 0.25) is 5.89 Å². The van der Waals surface area contributed by atoms with Crippen LogP contribution in [0.3, 0.4) is 0 Å². The fourth-order valence-corrected chi connectivity index (χ4v) is 2.13. The third kappa shape index (κ3) is 4.23. The van der Waals surface area contributed by atoms with Crippen molar-refractivity contribution < 1.29 is 13.9 Å². The first kappa shape index (κ1) is 14.8. The van der Waals surface area contributed by atoms with E-state index in [2.05, 4.69) is 10.3 Å². The van der Waals surface area contributed by atoms with E-state index in [1.54, 1.807) is 11.1 Å². The van der Waals surface area contributed by atoms with Gasteiger partial charge in [-0.3, -0.25) is 0 Å². The van der Waals surface area contributed by atoms with Crippen LogP contribution in [0.1, 0.15) is 38.8 Å². The molecule has 0 aliphatic carbocycles. The summed E-state index contributed by atoms with van der Waals surface area (Å²) >= 11 is 0. The van der Waals surface area contributed by atoms with Gasteiger partial charge in [0.1, 0.15) is 11.4 Å². The van der Waals surface area contributed by atoms with E-state index in [1.165, 1.54) is 0 Å². The summed E-state index contributed by atoms with van der Waals surface area (Å²) in [5.41, 5.74) is -0.446. The van der Waals surface area contributed by atoms with E-state index in [0.717, 1.165) is 18.7 Å². The zero-order valence-electron chi connectivity index (χ0n) is 12.6. The Labute approximate surface area is 119 Å². The first-order chi connectivity index (χ1) is 9.33. The van der Waals surface area contributed by atoms with Crippen molar-refractivity contribution in [3.8, 4) is 0 Å². The number of hydrogen-bond acceptors (Lipinski definition) is 5. The molecular weight excluding hydrogens is 258 g/mol. The van der Waals surface area contributed by atoms with Crippen LogP contribution in [0.4, 0.5) is 4.79 Å². The number of rotatable bonds is 3. The number of carbonyl (C=O) groups excluding carboxylic acids is 1. The Balaban J connectivity index is 1.76. The molecule has 1 aliphatic heterocycles. The Kier molecular flexibility index (Phi) is 4.32. The highest BCUT2D eigenvalue weighted by Crippen LogP contribution is 2.15. The summed E-state index contributed by atoms with van der Waals surface area (Å²) in [4.78, 5) is 17.8. The lowest BCUT2D eigenvalue weighted by Gasteiger charge is -2.24. The highest BCUT2D eigenvalue weighted by molar-refractivity contribution is 5.68. The molecule has 2 heterocycles. The molecule has 1 fully saturated rings. The predicted molar refractivity (Wildman–Crippen MR) is 74.3 cm³/mol. The number of aryl methyl sites for hydroxylation is 1. The zero-order chi connectivity index (χ0) is 14.8. The minimum atomic E-state index is -0.446. The molecule has 20 heavy (non-hydrogen) atoms. The first-order valence-electron chi connectivity index (χ1n) is 6.96. The number of nitrogens with one attached hydrogen (secondary N) is 1. The molecule has 1 saturated heterocycles. The molecule has 0 spiro atoms. The average Bonchev–Trinajstić information content (AvgIpc) is 2.93. The lowest BCUT2D eigenvalue weighted by molar-refractivity contribution is 0.0291. The lowest BCUT2D eigenvalue weighted by Crippen LogP contribution is -2.38. The average molecular weight is 281 g/mol. The third-order valence-electron chi connectivity index (χ3n) is 3.05. The maximum Gasteiger partial charge on any atom is 0.410 e. The summed E-state index contributed by atoms with van der Waals surface area (Å²) in [5.74, 6) is 1.49. The zero-order valence-corrected chi connectivity index (χ0v) is 12.6. The molecule has 1 atom stereocenters. The Morgan fingerprint density at radius 1 is 1.60 bits per heavy atom. The van der Waals surface area contributed by atoms with Gasteiger partial charge in [0.25, 0.3) is 0 Å². The smallest absolute Gasteiger partial charge is 0.410 e. The summed E-state index contributed by atoms with van der Waals surface area (Å²) in [6, 6.07) is 0.259. The van der Waals surface area contributed by atoms with Crippen LogP contribution in [0.5, 0.6) is 0 Å². The molecule has 1 aliphatic rings.